The first-order valence-corrected chi connectivity index (χ1v) is 12.1. The van der Waals surface area contributed by atoms with E-state index in [9.17, 15) is 9.59 Å². The quantitative estimate of drug-likeness (QED) is 0.508. The molecule has 6 nitrogen and oxygen atoms in total. The zero-order chi connectivity index (χ0) is 25.3. The molecule has 0 radical (unpaired) electrons. The summed E-state index contributed by atoms with van der Waals surface area (Å²) in [6, 6.07) is 12.6. The number of rotatable bonds is 7. The fraction of sp³-hybridized carbons (Fsp3) is 0.345. The van der Waals surface area contributed by atoms with Crippen molar-refractivity contribution in [3.8, 4) is 11.1 Å². The van der Waals surface area contributed by atoms with Crippen molar-refractivity contribution in [2.24, 2.45) is 0 Å². The SMILES string of the molecule is CC1=CC(C)=C(CNC(=O)c2cc(-c3cccc(CN(C)C)c3)cc3c2cnn3C(C)C)C(=O)C1. The highest BCUT2D eigenvalue weighted by atomic mass is 16.2. The molecule has 0 saturated heterocycles. The van der Waals surface area contributed by atoms with Crippen LogP contribution in [0.5, 0.6) is 0 Å². The molecule has 0 saturated carbocycles. The van der Waals surface area contributed by atoms with Crippen molar-refractivity contribution < 1.29 is 9.59 Å². The molecule has 1 heterocycles. The van der Waals surface area contributed by atoms with Crippen LogP contribution in [0.4, 0.5) is 0 Å². The van der Waals surface area contributed by atoms with Crippen LogP contribution in [0.3, 0.4) is 0 Å². The van der Waals surface area contributed by atoms with E-state index in [1.165, 1.54) is 5.56 Å². The van der Waals surface area contributed by atoms with Gasteiger partial charge in [0.1, 0.15) is 0 Å². The molecule has 1 N–H and O–H groups in total. The molecule has 1 aliphatic carbocycles. The third-order valence-corrected chi connectivity index (χ3v) is 6.35. The lowest BCUT2D eigenvalue weighted by Gasteiger charge is -2.17. The molecule has 0 aliphatic heterocycles. The molecule has 4 rings (SSSR count). The van der Waals surface area contributed by atoms with Gasteiger partial charge in [0, 0.05) is 36.5 Å². The first-order valence-electron chi connectivity index (χ1n) is 12.1. The first-order chi connectivity index (χ1) is 16.6. The molecule has 0 atom stereocenters. The van der Waals surface area contributed by atoms with Gasteiger partial charge >= 0.3 is 0 Å². The Hall–Kier alpha value is -3.51. The van der Waals surface area contributed by atoms with Crippen molar-refractivity contribution >= 4 is 22.6 Å². The predicted octanol–water partition coefficient (Wildman–Crippen LogP) is 5.31. The summed E-state index contributed by atoms with van der Waals surface area (Å²) < 4.78 is 1.95. The van der Waals surface area contributed by atoms with E-state index in [4.69, 9.17) is 0 Å². The van der Waals surface area contributed by atoms with Crippen LogP contribution < -0.4 is 5.32 Å². The van der Waals surface area contributed by atoms with Gasteiger partial charge in [0.25, 0.3) is 5.91 Å². The van der Waals surface area contributed by atoms with Gasteiger partial charge in [-0.2, -0.15) is 5.10 Å². The van der Waals surface area contributed by atoms with E-state index < -0.39 is 0 Å². The Kier molecular flexibility index (Phi) is 7.03. The van der Waals surface area contributed by atoms with Gasteiger partial charge in [0.2, 0.25) is 0 Å². The zero-order valence-electron chi connectivity index (χ0n) is 21.5. The molecule has 0 unspecified atom stereocenters. The van der Waals surface area contributed by atoms with Crippen molar-refractivity contribution in [3.63, 3.8) is 0 Å². The minimum absolute atomic E-state index is 0.0760. The summed E-state index contributed by atoms with van der Waals surface area (Å²) in [6.07, 6.45) is 4.20. The zero-order valence-corrected chi connectivity index (χ0v) is 21.5. The second kappa shape index (κ2) is 10.0. The number of nitrogens with zero attached hydrogens (tertiary/aromatic N) is 3. The van der Waals surface area contributed by atoms with Crippen LogP contribution in [-0.4, -0.2) is 47.0 Å². The third-order valence-electron chi connectivity index (χ3n) is 6.35. The highest BCUT2D eigenvalue weighted by Gasteiger charge is 2.21. The molecular weight excluding hydrogens is 436 g/mol. The summed E-state index contributed by atoms with van der Waals surface area (Å²) in [5.74, 6) is -0.129. The molecule has 1 aromatic heterocycles. The predicted molar refractivity (Wildman–Crippen MR) is 141 cm³/mol. The fourth-order valence-corrected chi connectivity index (χ4v) is 4.72. The smallest absolute Gasteiger partial charge is 0.252 e. The number of nitrogens with one attached hydrogen (secondary N) is 1. The second-order valence-corrected chi connectivity index (χ2v) is 10.0. The summed E-state index contributed by atoms with van der Waals surface area (Å²) in [6.45, 7) is 9.10. The number of aromatic nitrogens is 2. The summed E-state index contributed by atoms with van der Waals surface area (Å²) in [5, 5.41) is 8.38. The van der Waals surface area contributed by atoms with E-state index in [1.807, 2.05) is 44.8 Å². The summed E-state index contributed by atoms with van der Waals surface area (Å²) >= 11 is 0. The maximum absolute atomic E-state index is 13.4. The highest BCUT2D eigenvalue weighted by Crippen LogP contribution is 2.30. The van der Waals surface area contributed by atoms with Gasteiger partial charge in [-0.1, -0.05) is 29.8 Å². The minimum atomic E-state index is -0.205. The molecule has 1 aliphatic rings. The molecule has 0 spiro atoms. The number of Topliss-reactive ketones (excluding diaryl/α,β-unsaturated/α-hetero) is 1. The van der Waals surface area contributed by atoms with Crippen LogP contribution in [0.1, 0.15) is 56.1 Å². The average molecular weight is 471 g/mol. The summed E-state index contributed by atoms with van der Waals surface area (Å²) in [7, 11) is 4.10. The van der Waals surface area contributed by atoms with Crippen molar-refractivity contribution in [1.29, 1.82) is 0 Å². The number of hydrogen-bond donors (Lipinski definition) is 1. The second-order valence-electron chi connectivity index (χ2n) is 10.0. The summed E-state index contributed by atoms with van der Waals surface area (Å²) in [4.78, 5) is 28.1. The van der Waals surface area contributed by atoms with Crippen LogP contribution in [0.15, 0.2) is 65.4 Å². The maximum atomic E-state index is 13.4. The van der Waals surface area contributed by atoms with Gasteiger partial charge in [-0.3, -0.25) is 14.3 Å². The average Bonchev–Trinajstić information content (AvgIpc) is 3.21. The lowest BCUT2D eigenvalue weighted by Crippen LogP contribution is -2.29. The van der Waals surface area contributed by atoms with Crippen LogP contribution in [0.25, 0.3) is 22.0 Å². The lowest BCUT2D eigenvalue weighted by molar-refractivity contribution is -0.115. The fourth-order valence-electron chi connectivity index (χ4n) is 4.72. The van der Waals surface area contributed by atoms with Crippen LogP contribution >= 0.6 is 0 Å². The topological polar surface area (TPSA) is 67.2 Å². The van der Waals surface area contributed by atoms with Gasteiger partial charge in [-0.15, -0.1) is 0 Å². The number of carbonyl (C=O) groups is 2. The Morgan fingerprint density at radius 3 is 2.60 bits per heavy atom. The number of amides is 1. The van der Waals surface area contributed by atoms with Crippen molar-refractivity contribution in [2.75, 3.05) is 20.6 Å². The van der Waals surface area contributed by atoms with Crippen LogP contribution in [-0.2, 0) is 11.3 Å². The lowest BCUT2D eigenvalue weighted by atomic mass is 9.92. The molecule has 1 amide bonds. The van der Waals surface area contributed by atoms with Crippen molar-refractivity contribution in [1.82, 2.24) is 20.0 Å². The number of fused-ring (bicyclic) bond motifs is 1. The molecule has 2 aromatic carbocycles. The van der Waals surface area contributed by atoms with Gasteiger partial charge < -0.3 is 10.2 Å². The van der Waals surface area contributed by atoms with E-state index in [1.54, 1.807) is 6.20 Å². The Labute approximate surface area is 207 Å². The molecule has 0 fully saturated rings. The Morgan fingerprint density at radius 1 is 1.14 bits per heavy atom. The Morgan fingerprint density at radius 2 is 1.91 bits per heavy atom. The summed E-state index contributed by atoms with van der Waals surface area (Å²) in [5.41, 5.74) is 7.35. The van der Waals surface area contributed by atoms with E-state index in [-0.39, 0.29) is 24.3 Å². The molecule has 3 aromatic rings. The molecule has 0 bridgehead atoms. The number of ketones is 1. The third kappa shape index (κ3) is 5.28. The van der Waals surface area contributed by atoms with Gasteiger partial charge in [-0.25, -0.2) is 0 Å². The maximum Gasteiger partial charge on any atom is 0.252 e. The largest absolute Gasteiger partial charge is 0.348 e. The number of allylic oxidation sites excluding steroid dienone is 3. The van der Waals surface area contributed by atoms with Crippen LogP contribution in [0.2, 0.25) is 0 Å². The van der Waals surface area contributed by atoms with E-state index >= 15 is 0 Å². The standard InChI is InChI=1S/C29H34N4O2/c1-18(2)33-27-14-23(22-9-7-8-21(12-22)17-32(5)6)13-24(26(27)16-31-33)29(35)30-15-25-20(4)10-19(3)11-28(25)34/h7-10,12-14,16,18H,11,15,17H2,1-6H3,(H,30,35). The van der Waals surface area contributed by atoms with Gasteiger partial charge in [0.15, 0.2) is 5.78 Å². The molecular formula is C29H34N4O2. The van der Waals surface area contributed by atoms with Crippen LogP contribution in [0, 0.1) is 0 Å². The van der Waals surface area contributed by atoms with Crippen molar-refractivity contribution in [3.05, 3.63) is 76.5 Å². The monoisotopic (exact) mass is 470 g/mol. The Bertz CT molecular complexity index is 1360. The molecule has 182 valence electrons. The molecule has 35 heavy (non-hydrogen) atoms. The van der Waals surface area contributed by atoms with Gasteiger partial charge in [-0.05, 0) is 82.3 Å². The van der Waals surface area contributed by atoms with E-state index in [0.717, 1.165) is 39.7 Å². The van der Waals surface area contributed by atoms with E-state index in [0.29, 0.717) is 17.6 Å². The Balaban J connectivity index is 1.74. The number of benzene rings is 2. The number of carbonyl (C=O) groups excluding carboxylic acids is 2. The van der Waals surface area contributed by atoms with Gasteiger partial charge in [0.05, 0.1) is 17.3 Å². The minimum Gasteiger partial charge on any atom is -0.348 e. The van der Waals surface area contributed by atoms with Crippen molar-refractivity contribution in [2.45, 2.75) is 46.7 Å². The first kappa shape index (κ1) is 24.6. The number of hydrogen-bond acceptors (Lipinski definition) is 4. The van der Waals surface area contributed by atoms with E-state index in [2.05, 4.69) is 59.5 Å². The normalized spacial score (nSPS) is 14.3. The highest BCUT2D eigenvalue weighted by molar-refractivity contribution is 6.08. The molecule has 6 heteroatoms.